The lowest BCUT2D eigenvalue weighted by Crippen LogP contribution is -2.51. The smallest absolute Gasteiger partial charge is 0.335 e. The molecular weight excluding hydrogens is 198 g/mol. The second-order valence-corrected chi connectivity index (χ2v) is 3.60. The Morgan fingerprint density at radius 3 is 2.80 bits per heavy atom. The fourth-order valence-electron chi connectivity index (χ4n) is 1.51. The van der Waals surface area contributed by atoms with Gasteiger partial charge in [-0.05, 0) is 6.07 Å². The van der Waals surface area contributed by atoms with Crippen LogP contribution in [0.15, 0.2) is 27.6 Å². The molecular formula is C10H11NO4. The number of hydrogen-bond acceptors (Lipinski definition) is 4. The van der Waals surface area contributed by atoms with Crippen molar-refractivity contribution in [3.8, 4) is 0 Å². The molecule has 0 radical (unpaired) electrons. The first-order chi connectivity index (χ1) is 7.20. The van der Waals surface area contributed by atoms with Crippen molar-refractivity contribution in [2.45, 2.75) is 0 Å². The maximum atomic E-state index is 11.7. The van der Waals surface area contributed by atoms with Crippen LogP contribution >= 0.6 is 0 Å². The summed E-state index contributed by atoms with van der Waals surface area (Å²) in [5.74, 6) is 0.0214. The molecule has 1 aromatic rings. The minimum absolute atomic E-state index is 0.105. The minimum Gasteiger partial charge on any atom is -0.430 e. The summed E-state index contributed by atoms with van der Waals surface area (Å²) in [5.41, 5.74) is -0.102. The third-order valence-electron chi connectivity index (χ3n) is 2.45. The van der Waals surface area contributed by atoms with E-state index in [9.17, 15) is 9.59 Å². The average molecular weight is 209 g/mol. The molecule has 0 aromatic carbocycles. The van der Waals surface area contributed by atoms with Gasteiger partial charge in [-0.1, -0.05) is 0 Å². The summed E-state index contributed by atoms with van der Waals surface area (Å²) in [6, 6.07) is 2.66. The van der Waals surface area contributed by atoms with Crippen LogP contribution in [0.3, 0.4) is 0 Å². The van der Waals surface area contributed by atoms with E-state index in [0.717, 1.165) is 6.26 Å². The number of aliphatic hydroxyl groups is 1. The van der Waals surface area contributed by atoms with Gasteiger partial charge in [0.2, 0.25) is 0 Å². The second kappa shape index (κ2) is 3.86. The fourth-order valence-corrected chi connectivity index (χ4v) is 1.51. The molecule has 0 bridgehead atoms. The molecule has 1 fully saturated rings. The Balaban J connectivity index is 2.03. The predicted molar refractivity (Wildman–Crippen MR) is 51.5 cm³/mol. The molecule has 80 valence electrons. The van der Waals surface area contributed by atoms with Gasteiger partial charge in [0.1, 0.15) is 6.26 Å². The van der Waals surface area contributed by atoms with Crippen LogP contribution in [-0.2, 0) is 0 Å². The first-order valence-corrected chi connectivity index (χ1v) is 4.69. The van der Waals surface area contributed by atoms with Gasteiger partial charge in [-0.3, -0.25) is 4.79 Å². The Bertz CT molecular complexity index is 399. The normalized spacial score (nSPS) is 16.2. The standard InChI is InChI=1S/C10H11NO4/c12-5-7-3-11(4-7)10(14)8-1-2-9(13)15-6-8/h1-2,6-7,12H,3-5H2. The first-order valence-electron chi connectivity index (χ1n) is 4.69. The highest BCUT2D eigenvalue weighted by atomic mass is 16.4. The minimum atomic E-state index is -0.469. The molecule has 1 amide bonds. The van der Waals surface area contributed by atoms with E-state index in [2.05, 4.69) is 4.42 Å². The largest absolute Gasteiger partial charge is 0.430 e. The fraction of sp³-hybridized carbons (Fsp3) is 0.400. The van der Waals surface area contributed by atoms with E-state index in [0.29, 0.717) is 18.7 Å². The topological polar surface area (TPSA) is 70.8 Å². The number of likely N-dealkylation sites (tertiary alicyclic amines) is 1. The Hall–Kier alpha value is -1.62. The molecule has 5 heteroatoms. The molecule has 0 atom stereocenters. The van der Waals surface area contributed by atoms with Gasteiger partial charge in [0.25, 0.3) is 5.91 Å². The van der Waals surface area contributed by atoms with Crippen LogP contribution in [0.25, 0.3) is 0 Å². The van der Waals surface area contributed by atoms with Crippen molar-refractivity contribution in [3.05, 3.63) is 34.4 Å². The number of nitrogens with zero attached hydrogens (tertiary/aromatic N) is 1. The molecule has 15 heavy (non-hydrogen) atoms. The monoisotopic (exact) mass is 209 g/mol. The van der Waals surface area contributed by atoms with Gasteiger partial charge in [-0.15, -0.1) is 0 Å². The zero-order valence-corrected chi connectivity index (χ0v) is 8.05. The molecule has 1 aliphatic heterocycles. The van der Waals surface area contributed by atoms with Crippen molar-refractivity contribution in [2.75, 3.05) is 19.7 Å². The van der Waals surface area contributed by atoms with E-state index >= 15 is 0 Å². The van der Waals surface area contributed by atoms with E-state index in [1.54, 1.807) is 4.90 Å². The third kappa shape index (κ3) is 1.92. The molecule has 2 rings (SSSR count). The van der Waals surface area contributed by atoms with Crippen molar-refractivity contribution in [3.63, 3.8) is 0 Å². The average Bonchev–Trinajstić information content (AvgIpc) is 2.17. The van der Waals surface area contributed by atoms with Gasteiger partial charge in [-0.2, -0.15) is 0 Å². The summed E-state index contributed by atoms with van der Waals surface area (Å²) in [4.78, 5) is 24.0. The number of carbonyl (C=O) groups excluding carboxylic acids is 1. The van der Waals surface area contributed by atoms with Crippen LogP contribution in [0.1, 0.15) is 10.4 Å². The highest BCUT2D eigenvalue weighted by molar-refractivity contribution is 5.94. The van der Waals surface area contributed by atoms with Crippen LogP contribution < -0.4 is 5.63 Å². The molecule has 0 unspecified atom stereocenters. The van der Waals surface area contributed by atoms with Gasteiger partial charge in [-0.25, -0.2) is 4.79 Å². The molecule has 2 heterocycles. The predicted octanol–water partition coefficient (Wildman–Crippen LogP) is -0.296. The van der Waals surface area contributed by atoms with Gasteiger partial charge >= 0.3 is 5.63 Å². The van der Waals surface area contributed by atoms with Crippen molar-refractivity contribution in [2.24, 2.45) is 5.92 Å². The highest BCUT2D eigenvalue weighted by Crippen LogP contribution is 2.17. The zero-order chi connectivity index (χ0) is 10.8. The summed E-state index contributed by atoms with van der Waals surface area (Å²) < 4.78 is 4.60. The van der Waals surface area contributed by atoms with Crippen molar-refractivity contribution < 1.29 is 14.3 Å². The second-order valence-electron chi connectivity index (χ2n) is 3.60. The number of hydrogen-bond donors (Lipinski definition) is 1. The SMILES string of the molecule is O=C(c1ccc(=O)oc1)N1CC(CO)C1. The van der Waals surface area contributed by atoms with Crippen molar-refractivity contribution >= 4 is 5.91 Å². The molecule has 1 N–H and O–H groups in total. The Labute approximate surface area is 85.9 Å². The summed E-state index contributed by atoms with van der Waals surface area (Å²) in [7, 11) is 0. The van der Waals surface area contributed by atoms with E-state index in [-0.39, 0.29) is 18.4 Å². The van der Waals surface area contributed by atoms with Gasteiger partial charge in [0.05, 0.1) is 5.56 Å². The lowest BCUT2D eigenvalue weighted by Gasteiger charge is -2.38. The zero-order valence-electron chi connectivity index (χ0n) is 8.05. The summed E-state index contributed by atoms with van der Waals surface area (Å²) in [6.45, 7) is 1.23. The Morgan fingerprint density at radius 2 is 2.27 bits per heavy atom. The third-order valence-corrected chi connectivity index (χ3v) is 2.45. The summed E-state index contributed by atoms with van der Waals surface area (Å²) in [6.07, 6.45) is 1.16. The molecule has 0 aliphatic carbocycles. The number of aliphatic hydroxyl groups excluding tert-OH is 1. The van der Waals surface area contributed by atoms with Crippen LogP contribution in [0, 0.1) is 5.92 Å². The maximum Gasteiger partial charge on any atom is 0.335 e. The van der Waals surface area contributed by atoms with Gasteiger partial charge in [0.15, 0.2) is 0 Å². The van der Waals surface area contributed by atoms with E-state index in [1.807, 2.05) is 0 Å². The van der Waals surface area contributed by atoms with Crippen LogP contribution in [0.4, 0.5) is 0 Å². The Kier molecular flexibility index (Phi) is 2.55. The number of carbonyl (C=O) groups is 1. The van der Waals surface area contributed by atoms with Crippen LogP contribution in [0.5, 0.6) is 0 Å². The maximum absolute atomic E-state index is 11.7. The number of amides is 1. The lowest BCUT2D eigenvalue weighted by molar-refractivity contribution is 0.0359. The molecule has 0 spiro atoms. The summed E-state index contributed by atoms with van der Waals surface area (Å²) >= 11 is 0. The van der Waals surface area contributed by atoms with E-state index < -0.39 is 5.63 Å². The van der Waals surface area contributed by atoms with E-state index in [1.165, 1.54) is 12.1 Å². The molecule has 1 saturated heterocycles. The first kappa shape index (κ1) is 9.92. The van der Waals surface area contributed by atoms with Gasteiger partial charge < -0.3 is 14.4 Å². The van der Waals surface area contributed by atoms with Crippen molar-refractivity contribution in [1.82, 2.24) is 4.90 Å². The highest BCUT2D eigenvalue weighted by Gasteiger charge is 2.30. The molecule has 1 aromatic heterocycles. The molecule has 1 aliphatic rings. The number of rotatable bonds is 2. The Morgan fingerprint density at radius 1 is 1.53 bits per heavy atom. The quantitative estimate of drug-likeness (QED) is 0.726. The van der Waals surface area contributed by atoms with Crippen LogP contribution in [0.2, 0.25) is 0 Å². The van der Waals surface area contributed by atoms with Gasteiger partial charge in [0, 0.05) is 31.7 Å². The van der Waals surface area contributed by atoms with E-state index in [4.69, 9.17) is 5.11 Å². The lowest BCUT2D eigenvalue weighted by atomic mass is 10.0. The van der Waals surface area contributed by atoms with Crippen LogP contribution in [-0.4, -0.2) is 35.6 Å². The summed E-state index contributed by atoms with van der Waals surface area (Å²) in [5, 5.41) is 8.79. The van der Waals surface area contributed by atoms with Crippen molar-refractivity contribution in [1.29, 1.82) is 0 Å². The molecule has 0 saturated carbocycles. The molecule has 5 nitrogen and oxygen atoms in total.